The third-order valence-corrected chi connectivity index (χ3v) is 7.52. The van der Waals surface area contributed by atoms with Gasteiger partial charge < -0.3 is 4.74 Å². The molecule has 0 spiro atoms. The Morgan fingerprint density at radius 1 is 1.06 bits per heavy atom. The van der Waals surface area contributed by atoms with Crippen molar-refractivity contribution in [1.82, 2.24) is 9.55 Å². The molecule has 4 nitrogen and oxygen atoms in total. The van der Waals surface area contributed by atoms with Gasteiger partial charge in [-0.05, 0) is 62.6 Å². The zero-order valence-electron chi connectivity index (χ0n) is 19.0. The van der Waals surface area contributed by atoms with Crippen molar-refractivity contribution in [3.05, 3.63) is 80.5 Å². The smallest absolute Gasteiger partial charge is 0.267 e. The first-order valence-corrected chi connectivity index (χ1v) is 12.7. The molecule has 6 heteroatoms. The van der Waals surface area contributed by atoms with Crippen LogP contribution in [0.15, 0.2) is 58.5 Å². The van der Waals surface area contributed by atoms with Crippen molar-refractivity contribution in [3.63, 3.8) is 0 Å². The van der Waals surface area contributed by atoms with Gasteiger partial charge in [0.05, 0.1) is 17.7 Å². The average Bonchev–Trinajstić information content (AvgIpc) is 3.08. The first kappa shape index (κ1) is 22.6. The van der Waals surface area contributed by atoms with Crippen molar-refractivity contribution in [1.29, 1.82) is 0 Å². The summed E-state index contributed by atoms with van der Waals surface area (Å²) >= 11 is 3.21. The second kappa shape index (κ2) is 9.92. The monoisotopic (exact) mass is 464 g/mol. The van der Waals surface area contributed by atoms with E-state index in [1.165, 1.54) is 10.4 Å². The van der Waals surface area contributed by atoms with Crippen LogP contribution in [0.3, 0.4) is 0 Å². The second-order valence-corrected chi connectivity index (χ2v) is 10.1. The fraction of sp³-hybridized carbons (Fsp3) is 0.308. The maximum absolute atomic E-state index is 13.7. The third kappa shape index (κ3) is 4.76. The Morgan fingerprint density at radius 2 is 1.84 bits per heavy atom. The van der Waals surface area contributed by atoms with Gasteiger partial charge >= 0.3 is 0 Å². The summed E-state index contributed by atoms with van der Waals surface area (Å²) in [5.41, 5.74) is 4.26. The molecule has 0 aliphatic carbocycles. The van der Waals surface area contributed by atoms with Crippen molar-refractivity contribution < 1.29 is 4.74 Å². The summed E-state index contributed by atoms with van der Waals surface area (Å²) in [5.74, 6) is 1.55. The number of nitrogens with zero attached hydrogens (tertiary/aromatic N) is 2. The molecule has 4 aromatic rings. The number of benzene rings is 2. The van der Waals surface area contributed by atoms with Crippen molar-refractivity contribution in [2.45, 2.75) is 45.7 Å². The lowest BCUT2D eigenvalue weighted by Crippen LogP contribution is -2.22. The van der Waals surface area contributed by atoms with E-state index in [1.807, 2.05) is 55.5 Å². The molecule has 2 aromatic carbocycles. The van der Waals surface area contributed by atoms with E-state index in [9.17, 15) is 4.79 Å². The number of hydrogen-bond acceptors (Lipinski definition) is 5. The van der Waals surface area contributed by atoms with Gasteiger partial charge in [0.1, 0.15) is 10.6 Å². The first-order chi connectivity index (χ1) is 15.5. The summed E-state index contributed by atoms with van der Waals surface area (Å²) in [5, 5.41) is 1.46. The van der Waals surface area contributed by atoms with Crippen LogP contribution in [-0.2, 0) is 6.42 Å². The highest BCUT2D eigenvalue weighted by molar-refractivity contribution is 7.99. The van der Waals surface area contributed by atoms with Crippen LogP contribution in [0.4, 0.5) is 0 Å². The molecule has 4 rings (SSSR count). The quantitative estimate of drug-likeness (QED) is 0.170. The highest BCUT2D eigenvalue weighted by Gasteiger charge is 2.19. The lowest BCUT2D eigenvalue weighted by molar-refractivity contribution is 0.344. The van der Waals surface area contributed by atoms with Gasteiger partial charge in [0, 0.05) is 10.6 Å². The van der Waals surface area contributed by atoms with Gasteiger partial charge in [-0.3, -0.25) is 9.36 Å². The third-order valence-electron chi connectivity index (χ3n) is 5.37. The van der Waals surface area contributed by atoms with E-state index in [1.54, 1.807) is 27.7 Å². The Morgan fingerprint density at radius 3 is 2.56 bits per heavy atom. The van der Waals surface area contributed by atoms with Crippen LogP contribution >= 0.6 is 23.1 Å². The summed E-state index contributed by atoms with van der Waals surface area (Å²) in [6.07, 6.45) is 2.03. The van der Waals surface area contributed by atoms with Gasteiger partial charge in [-0.25, -0.2) is 4.98 Å². The molecular formula is C26H28N2O2S2. The number of hydrogen-bond donors (Lipinski definition) is 0. The van der Waals surface area contributed by atoms with E-state index in [4.69, 9.17) is 9.72 Å². The van der Waals surface area contributed by atoms with Crippen LogP contribution in [0, 0.1) is 20.8 Å². The fourth-order valence-electron chi connectivity index (χ4n) is 3.69. The average molecular weight is 465 g/mol. The largest absolute Gasteiger partial charge is 0.493 e. The van der Waals surface area contributed by atoms with Gasteiger partial charge in [0.15, 0.2) is 5.16 Å². The Balaban J connectivity index is 1.68. The Hall–Kier alpha value is -2.57. The maximum atomic E-state index is 13.7. The van der Waals surface area contributed by atoms with Crippen LogP contribution < -0.4 is 10.3 Å². The van der Waals surface area contributed by atoms with Gasteiger partial charge in [-0.15, -0.1) is 11.3 Å². The molecule has 0 atom stereocenters. The molecule has 0 aliphatic rings. The summed E-state index contributed by atoms with van der Waals surface area (Å²) in [4.78, 5) is 20.7. The Kier molecular flexibility index (Phi) is 7.01. The molecule has 0 amide bonds. The zero-order chi connectivity index (χ0) is 22.7. The van der Waals surface area contributed by atoms with Gasteiger partial charge in [0.2, 0.25) is 0 Å². The van der Waals surface area contributed by atoms with Gasteiger partial charge in [-0.2, -0.15) is 0 Å². The minimum Gasteiger partial charge on any atom is -0.493 e. The number of fused-ring (bicyclic) bond motifs is 1. The number of aryl methyl sites for hydroxylation is 4. The number of thiophene rings is 1. The number of thioether (sulfide) groups is 1. The Labute approximate surface area is 197 Å². The van der Waals surface area contributed by atoms with E-state index in [2.05, 4.69) is 20.8 Å². The SMILES string of the molecule is CCCc1sc2nc(SCCOc3ccc(C)cc3)n(-c3cccc(C)c3)c(=O)c2c1C. The summed E-state index contributed by atoms with van der Waals surface area (Å²) in [6, 6.07) is 16.1. The van der Waals surface area contributed by atoms with E-state index >= 15 is 0 Å². The molecule has 0 fully saturated rings. The Bertz CT molecular complexity index is 1290. The van der Waals surface area contributed by atoms with E-state index in [0.717, 1.165) is 45.6 Å². The van der Waals surface area contributed by atoms with E-state index in [0.29, 0.717) is 17.5 Å². The molecule has 0 saturated heterocycles. The highest BCUT2D eigenvalue weighted by Crippen LogP contribution is 2.31. The molecular weight excluding hydrogens is 436 g/mol. The second-order valence-electron chi connectivity index (χ2n) is 7.96. The lowest BCUT2D eigenvalue weighted by Gasteiger charge is -2.13. The van der Waals surface area contributed by atoms with Crippen LogP contribution in [0.25, 0.3) is 15.9 Å². The predicted octanol–water partition coefficient (Wildman–Crippen LogP) is 6.50. The van der Waals surface area contributed by atoms with E-state index < -0.39 is 0 Å². The topological polar surface area (TPSA) is 44.1 Å². The van der Waals surface area contributed by atoms with Gasteiger partial charge in [-0.1, -0.05) is 54.9 Å². The molecule has 0 bridgehead atoms. The predicted molar refractivity (Wildman–Crippen MR) is 136 cm³/mol. The van der Waals surface area contributed by atoms with Crippen molar-refractivity contribution in [2.24, 2.45) is 0 Å². The molecule has 0 N–H and O–H groups in total. The maximum Gasteiger partial charge on any atom is 0.267 e. The normalized spacial score (nSPS) is 11.2. The minimum absolute atomic E-state index is 0.0126. The molecule has 0 unspecified atom stereocenters. The zero-order valence-corrected chi connectivity index (χ0v) is 20.6. The molecule has 0 radical (unpaired) electrons. The molecule has 2 aromatic heterocycles. The summed E-state index contributed by atoms with van der Waals surface area (Å²) < 4.78 is 7.65. The highest BCUT2D eigenvalue weighted by atomic mass is 32.2. The number of ether oxygens (including phenoxy) is 1. The number of rotatable bonds is 8. The molecule has 32 heavy (non-hydrogen) atoms. The van der Waals surface area contributed by atoms with Crippen LogP contribution in [0.1, 0.15) is 34.9 Å². The molecule has 0 saturated carbocycles. The standard InChI is InChI=1S/C26H28N2O2S2/c1-5-7-22-19(4)23-24(32-22)27-26(28(25(23)29)20-9-6-8-18(3)16-20)31-15-14-30-21-12-10-17(2)11-13-21/h6,8-13,16H,5,7,14-15H2,1-4H3. The molecule has 166 valence electrons. The molecule has 2 heterocycles. The fourth-order valence-corrected chi connectivity index (χ4v) is 5.84. The van der Waals surface area contributed by atoms with Crippen molar-refractivity contribution in [3.8, 4) is 11.4 Å². The van der Waals surface area contributed by atoms with E-state index in [-0.39, 0.29) is 5.56 Å². The van der Waals surface area contributed by atoms with Gasteiger partial charge in [0.25, 0.3) is 5.56 Å². The first-order valence-electron chi connectivity index (χ1n) is 10.9. The minimum atomic E-state index is 0.0126. The van der Waals surface area contributed by atoms with Crippen LogP contribution in [-0.4, -0.2) is 21.9 Å². The van der Waals surface area contributed by atoms with Crippen molar-refractivity contribution in [2.75, 3.05) is 12.4 Å². The molecule has 0 aliphatic heterocycles. The summed E-state index contributed by atoms with van der Waals surface area (Å²) in [7, 11) is 0. The van der Waals surface area contributed by atoms with Crippen LogP contribution in [0.5, 0.6) is 5.75 Å². The van der Waals surface area contributed by atoms with Crippen LogP contribution in [0.2, 0.25) is 0 Å². The summed E-state index contributed by atoms with van der Waals surface area (Å²) in [6.45, 7) is 8.86. The number of aromatic nitrogens is 2. The van der Waals surface area contributed by atoms with Crippen molar-refractivity contribution >= 4 is 33.3 Å². The lowest BCUT2D eigenvalue weighted by atomic mass is 10.1.